The van der Waals surface area contributed by atoms with Gasteiger partial charge in [0.1, 0.15) is 11.6 Å². The van der Waals surface area contributed by atoms with Crippen molar-refractivity contribution in [1.82, 2.24) is 4.98 Å². The van der Waals surface area contributed by atoms with Crippen LogP contribution in [-0.2, 0) is 0 Å². The van der Waals surface area contributed by atoms with Crippen LogP contribution in [-0.4, -0.2) is 17.9 Å². The van der Waals surface area contributed by atoms with Gasteiger partial charge in [0.25, 0.3) is 5.91 Å². The Hall–Kier alpha value is -2.84. The van der Waals surface area contributed by atoms with Gasteiger partial charge in [-0.2, -0.15) is 5.26 Å². The van der Waals surface area contributed by atoms with E-state index < -0.39 is 0 Å². The highest BCUT2D eigenvalue weighted by Gasteiger charge is 2.21. The van der Waals surface area contributed by atoms with Crippen LogP contribution in [0.1, 0.15) is 21.8 Å². The van der Waals surface area contributed by atoms with Crippen LogP contribution in [0, 0.1) is 18.3 Å². The average Bonchev–Trinajstić information content (AvgIpc) is 2.93. The van der Waals surface area contributed by atoms with Crippen molar-refractivity contribution in [3.8, 4) is 6.07 Å². The number of fused-ring (bicyclic) bond motifs is 1. The summed E-state index contributed by atoms with van der Waals surface area (Å²) in [5, 5.41) is 9.68. The molecule has 0 aliphatic heterocycles. The summed E-state index contributed by atoms with van der Waals surface area (Å²) < 4.78 is 5.45. The van der Waals surface area contributed by atoms with E-state index in [2.05, 4.69) is 11.1 Å². The van der Waals surface area contributed by atoms with Crippen molar-refractivity contribution < 1.29 is 9.21 Å². The van der Waals surface area contributed by atoms with E-state index in [1.54, 1.807) is 50.4 Å². The van der Waals surface area contributed by atoms with Gasteiger partial charge in [-0.25, -0.2) is 4.98 Å². The number of aryl methyl sites for hydroxylation is 1. The van der Waals surface area contributed by atoms with E-state index in [-0.39, 0.29) is 5.91 Å². The normalized spacial score (nSPS) is 10.5. The molecular formula is C17H12ClN3O2. The smallest absolute Gasteiger partial charge is 0.260 e. The van der Waals surface area contributed by atoms with Gasteiger partial charge < -0.3 is 9.32 Å². The Kier molecular flexibility index (Phi) is 3.77. The zero-order chi connectivity index (χ0) is 16.6. The number of oxazole rings is 1. The van der Waals surface area contributed by atoms with Gasteiger partial charge in [-0.05, 0) is 30.3 Å². The van der Waals surface area contributed by atoms with E-state index in [1.165, 1.54) is 4.90 Å². The van der Waals surface area contributed by atoms with Crippen molar-refractivity contribution in [1.29, 1.82) is 5.26 Å². The van der Waals surface area contributed by atoms with E-state index in [9.17, 15) is 10.1 Å². The first-order chi connectivity index (χ1) is 11.0. The number of anilines is 1. The van der Waals surface area contributed by atoms with Gasteiger partial charge in [0.2, 0.25) is 0 Å². The number of hydrogen-bond acceptors (Lipinski definition) is 4. The Morgan fingerprint density at radius 3 is 2.87 bits per heavy atom. The van der Waals surface area contributed by atoms with Gasteiger partial charge in [-0.3, -0.25) is 4.79 Å². The molecule has 0 aliphatic carbocycles. The van der Waals surface area contributed by atoms with E-state index >= 15 is 0 Å². The molecule has 0 atom stereocenters. The second kappa shape index (κ2) is 5.75. The van der Waals surface area contributed by atoms with Crippen LogP contribution in [0.25, 0.3) is 11.1 Å². The lowest BCUT2D eigenvalue weighted by Gasteiger charge is -2.19. The molecule has 114 valence electrons. The first-order valence-corrected chi connectivity index (χ1v) is 7.23. The second-order valence-corrected chi connectivity index (χ2v) is 5.46. The Morgan fingerprint density at radius 2 is 2.13 bits per heavy atom. The molecule has 0 fully saturated rings. The van der Waals surface area contributed by atoms with Gasteiger partial charge in [0, 0.05) is 19.0 Å². The molecule has 1 aromatic heterocycles. The second-order valence-electron chi connectivity index (χ2n) is 5.02. The zero-order valence-corrected chi connectivity index (χ0v) is 13.3. The van der Waals surface area contributed by atoms with Crippen molar-refractivity contribution in [3.05, 3.63) is 58.4 Å². The molecule has 0 N–H and O–H groups in total. The predicted octanol–water partition coefficient (Wildman–Crippen LogP) is 3.94. The molecule has 1 heterocycles. The first-order valence-electron chi connectivity index (χ1n) is 6.85. The number of halogens is 1. The van der Waals surface area contributed by atoms with E-state index in [4.69, 9.17) is 16.0 Å². The van der Waals surface area contributed by atoms with Crippen LogP contribution in [0.3, 0.4) is 0 Å². The van der Waals surface area contributed by atoms with Gasteiger partial charge >= 0.3 is 0 Å². The molecule has 6 heteroatoms. The molecule has 23 heavy (non-hydrogen) atoms. The standard InChI is InChI=1S/C17H12ClN3O2/c1-10-20-16-13(4-3-5-15(16)23-10)17(22)21(2)14-8-12(18)7-6-11(14)9-19/h3-8H,1-2H3. The highest BCUT2D eigenvalue weighted by atomic mass is 35.5. The summed E-state index contributed by atoms with van der Waals surface area (Å²) in [6.07, 6.45) is 0. The molecule has 3 rings (SSSR count). The fourth-order valence-corrected chi connectivity index (χ4v) is 2.57. The van der Waals surface area contributed by atoms with Crippen LogP contribution in [0.4, 0.5) is 5.69 Å². The zero-order valence-electron chi connectivity index (χ0n) is 12.5. The summed E-state index contributed by atoms with van der Waals surface area (Å²) >= 11 is 5.99. The number of carbonyl (C=O) groups excluding carboxylic acids is 1. The number of carbonyl (C=O) groups is 1. The number of nitriles is 1. The minimum absolute atomic E-state index is 0.289. The van der Waals surface area contributed by atoms with Crippen molar-refractivity contribution in [2.45, 2.75) is 6.92 Å². The van der Waals surface area contributed by atoms with E-state index in [0.29, 0.717) is 38.8 Å². The summed E-state index contributed by atoms with van der Waals surface area (Å²) in [6, 6.07) is 12.0. The molecule has 0 aliphatic rings. The maximum Gasteiger partial charge on any atom is 0.260 e. The number of rotatable bonds is 2. The Bertz CT molecular complexity index is 956. The quantitative estimate of drug-likeness (QED) is 0.715. The molecular weight excluding hydrogens is 314 g/mol. The SMILES string of the molecule is Cc1nc2c(C(=O)N(C)c3cc(Cl)ccc3C#N)cccc2o1. The molecule has 0 saturated heterocycles. The average molecular weight is 326 g/mol. The van der Waals surface area contributed by atoms with E-state index in [0.717, 1.165) is 0 Å². The molecule has 0 unspecified atom stereocenters. The summed E-state index contributed by atoms with van der Waals surface area (Å²) in [4.78, 5) is 18.5. The Balaban J connectivity index is 2.09. The first kappa shape index (κ1) is 15.1. The lowest BCUT2D eigenvalue weighted by Crippen LogP contribution is -2.27. The maximum absolute atomic E-state index is 12.8. The van der Waals surface area contributed by atoms with Crippen LogP contribution in [0.5, 0.6) is 0 Å². The van der Waals surface area contributed by atoms with Gasteiger partial charge in [0.15, 0.2) is 11.5 Å². The number of amides is 1. The number of aromatic nitrogens is 1. The highest BCUT2D eigenvalue weighted by molar-refractivity contribution is 6.31. The molecule has 0 spiro atoms. The minimum Gasteiger partial charge on any atom is -0.441 e. The topological polar surface area (TPSA) is 70.1 Å². The third-order valence-electron chi connectivity index (χ3n) is 3.50. The van der Waals surface area contributed by atoms with Gasteiger partial charge in [0.05, 0.1) is 16.8 Å². The lowest BCUT2D eigenvalue weighted by atomic mass is 10.1. The number of nitrogens with zero attached hydrogens (tertiary/aromatic N) is 3. The largest absolute Gasteiger partial charge is 0.441 e. The van der Waals surface area contributed by atoms with E-state index in [1.807, 2.05) is 0 Å². The van der Waals surface area contributed by atoms with Gasteiger partial charge in [-0.1, -0.05) is 17.7 Å². The summed E-state index contributed by atoms with van der Waals surface area (Å²) in [5.41, 5.74) is 2.28. The van der Waals surface area contributed by atoms with Crippen LogP contribution >= 0.6 is 11.6 Å². The minimum atomic E-state index is -0.289. The maximum atomic E-state index is 12.8. The summed E-state index contributed by atoms with van der Waals surface area (Å²) in [7, 11) is 1.60. The molecule has 0 radical (unpaired) electrons. The Labute approximate surface area is 137 Å². The fraction of sp³-hybridized carbons (Fsp3) is 0.118. The van der Waals surface area contributed by atoms with Crippen molar-refractivity contribution >= 4 is 34.3 Å². The number of hydrogen-bond donors (Lipinski definition) is 0. The van der Waals surface area contributed by atoms with Crippen molar-refractivity contribution in [3.63, 3.8) is 0 Å². The molecule has 5 nitrogen and oxygen atoms in total. The molecule has 2 aromatic carbocycles. The monoisotopic (exact) mass is 325 g/mol. The predicted molar refractivity (Wildman–Crippen MR) is 87.6 cm³/mol. The van der Waals surface area contributed by atoms with Crippen LogP contribution < -0.4 is 4.90 Å². The number of para-hydroxylation sites is 1. The highest BCUT2D eigenvalue weighted by Crippen LogP contribution is 2.27. The fourth-order valence-electron chi connectivity index (χ4n) is 2.40. The third-order valence-corrected chi connectivity index (χ3v) is 3.74. The molecule has 0 saturated carbocycles. The van der Waals surface area contributed by atoms with Crippen LogP contribution in [0.2, 0.25) is 5.02 Å². The Morgan fingerprint density at radius 1 is 1.35 bits per heavy atom. The molecule has 0 bridgehead atoms. The summed E-state index contributed by atoms with van der Waals surface area (Å²) in [5.74, 6) is 0.200. The van der Waals surface area contributed by atoms with Crippen molar-refractivity contribution in [2.24, 2.45) is 0 Å². The van der Waals surface area contributed by atoms with Gasteiger partial charge in [-0.15, -0.1) is 0 Å². The van der Waals surface area contributed by atoms with Crippen molar-refractivity contribution in [2.75, 3.05) is 11.9 Å². The molecule has 3 aromatic rings. The molecule has 1 amide bonds. The lowest BCUT2D eigenvalue weighted by molar-refractivity contribution is 0.0994. The number of benzene rings is 2. The van der Waals surface area contributed by atoms with Crippen LogP contribution in [0.15, 0.2) is 40.8 Å². The third kappa shape index (κ3) is 2.65. The summed E-state index contributed by atoms with van der Waals surface area (Å²) in [6.45, 7) is 1.72.